The molecule has 1 aliphatic rings. The molecule has 1 saturated heterocycles. The highest BCUT2D eigenvalue weighted by atomic mass is 35.5. The molecule has 0 spiro atoms. The van der Waals surface area contributed by atoms with Crippen LogP contribution in [0.4, 0.5) is 0 Å². The van der Waals surface area contributed by atoms with Crippen LogP contribution in [0, 0.1) is 5.92 Å². The minimum atomic E-state index is -0.00939. The van der Waals surface area contributed by atoms with E-state index in [4.69, 9.17) is 27.9 Å². The van der Waals surface area contributed by atoms with Crippen molar-refractivity contribution in [1.82, 2.24) is 4.90 Å². The van der Waals surface area contributed by atoms with Crippen molar-refractivity contribution in [2.45, 2.75) is 12.8 Å². The first-order valence-corrected chi connectivity index (χ1v) is 7.79. The summed E-state index contributed by atoms with van der Waals surface area (Å²) < 4.78 is 5.48. The zero-order chi connectivity index (χ0) is 15.2. The SMILES string of the molecule is C=CCOCC1CCN(C(=O)c2cc(Cl)cc(Cl)c2)CC1. The van der Waals surface area contributed by atoms with Crippen LogP contribution in [0.25, 0.3) is 0 Å². The molecule has 1 aliphatic heterocycles. The number of hydrogen-bond donors (Lipinski definition) is 0. The Morgan fingerprint density at radius 1 is 1.29 bits per heavy atom. The molecule has 0 unspecified atom stereocenters. The van der Waals surface area contributed by atoms with E-state index in [1.54, 1.807) is 24.3 Å². The van der Waals surface area contributed by atoms with Gasteiger partial charge in [0.1, 0.15) is 0 Å². The van der Waals surface area contributed by atoms with E-state index in [-0.39, 0.29) is 5.91 Å². The number of hydrogen-bond acceptors (Lipinski definition) is 2. The molecule has 0 aromatic heterocycles. The molecule has 114 valence electrons. The monoisotopic (exact) mass is 327 g/mol. The topological polar surface area (TPSA) is 29.5 Å². The number of carbonyl (C=O) groups excluding carboxylic acids is 1. The van der Waals surface area contributed by atoms with Crippen LogP contribution in [0.15, 0.2) is 30.9 Å². The van der Waals surface area contributed by atoms with Gasteiger partial charge in [-0.05, 0) is 37.0 Å². The second-order valence-electron chi connectivity index (χ2n) is 5.22. The van der Waals surface area contributed by atoms with Crippen molar-refractivity contribution in [3.05, 3.63) is 46.5 Å². The molecule has 1 amide bonds. The van der Waals surface area contributed by atoms with E-state index in [0.29, 0.717) is 28.1 Å². The Kier molecular flexibility index (Phi) is 6.09. The maximum absolute atomic E-state index is 12.4. The Bertz CT molecular complexity index is 491. The Morgan fingerprint density at radius 2 is 1.90 bits per heavy atom. The van der Waals surface area contributed by atoms with Crippen LogP contribution in [0.5, 0.6) is 0 Å². The third kappa shape index (κ3) is 4.73. The number of rotatable bonds is 5. The molecule has 5 heteroatoms. The number of benzene rings is 1. The van der Waals surface area contributed by atoms with E-state index in [1.165, 1.54) is 0 Å². The van der Waals surface area contributed by atoms with Crippen molar-refractivity contribution >= 4 is 29.1 Å². The fraction of sp³-hybridized carbons (Fsp3) is 0.438. The van der Waals surface area contributed by atoms with Gasteiger partial charge < -0.3 is 9.64 Å². The van der Waals surface area contributed by atoms with E-state index in [9.17, 15) is 4.79 Å². The molecule has 0 radical (unpaired) electrons. The molecule has 3 nitrogen and oxygen atoms in total. The fourth-order valence-electron chi connectivity index (χ4n) is 2.48. The molecule has 0 atom stereocenters. The predicted molar refractivity (Wildman–Crippen MR) is 86.1 cm³/mol. The number of piperidine rings is 1. The van der Waals surface area contributed by atoms with Crippen LogP contribution < -0.4 is 0 Å². The van der Waals surface area contributed by atoms with Crippen molar-refractivity contribution in [2.75, 3.05) is 26.3 Å². The Hall–Kier alpha value is -1.03. The van der Waals surface area contributed by atoms with Crippen molar-refractivity contribution in [1.29, 1.82) is 0 Å². The summed E-state index contributed by atoms with van der Waals surface area (Å²) in [6.07, 6.45) is 3.66. The second-order valence-corrected chi connectivity index (χ2v) is 6.09. The molecule has 0 bridgehead atoms. The molecular formula is C16H19Cl2NO2. The van der Waals surface area contributed by atoms with Crippen LogP contribution in [0.2, 0.25) is 10.0 Å². The summed E-state index contributed by atoms with van der Waals surface area (Å²) in [6.45, 7) is 6.43. The maximum Gasteiger partial charge on any atom is 0.253 e. The molecule has 1 fully saturated rings. The van der Waals surface area contributed by atoms with E-state index < -0.39 is 0 Å². The highest BCUT2D eigenvalue weighted by molar-refractivity contribution is 6.35. The highest BCUT2D eigenvalue weighted by Crippen LogP contribution is 2.23. The number of likely N-dealkylation sites (tertiary alicyclic amines) is 1. The normalized spacial score (nSPS) is 16.0. The van der Waals surface area contributed by atoms with Crippen LogP contribution in [-0.4, -0.2) is 37.1 Å². The molecule has 21 heavy (non-hydrogen) atoms. The van der Waals surface area contributed by atoms with Crippen molar-refractivity contribution in [3.8, 4) is 0 Å². The summed E-state index contributed by atoms with van der Waals surface area (Å²) in [5.74, 6) is 0.502. The zero-order valence-corrected chi connectivity index (χ0v) is 13.4. The Labute approximate surface area is 135 Å². The van der Waals surface area contributed by atoms with E-state index in [2.05, 4.69) is 6.58 Å². The third-order valence-corrected chi connectivity index (χ3v) is 4.04. The smallest absolute Gasteiger partial charge is 0.253 e. The minimum absolute atomic E-state index is 0.00939. The molecule has 0 saturated carbocycles. The van der Waals surface area contributed by atoms with Gasteiger partial charge in [-0.1, -0.05) is 29.3 Å². The van der Waals surface area contributed by atoms with Crippen LogP contribution in [0.3, 0.4) is 0 Å². The summed E-state index contributed by atoms with van der Waals surface area (Å²) >= 11 is 11.9. The summed E-state index contributed by atoms with van der Waals surface area (Å²) in [4.78, 5) is 14.3. The highest BCUT2D eigenvalue weighted by Gasteiger charge is 2.24. The van der Waals surface area contributed by atoms with Gasteiger partial charge >= 0.3 is 0 Å². The average Bonchev–Trinajstić information content (AvgIpc) is 2.46. The van der Waals surface area contributed by atoms with Gasteiger partial charge in [-0.15, -0.1) is 6.58 Å². The first-order valence-electron chi connectivity index (χ1n) is 7.04. The van der Waals surface area contributed by atoms with Crippen LogP contribution in [-0.2, 0) is 4.74 Å². The van der Waals surface area contributed by atoms with Crippen LogP contribution in [0.1, 0.15) is 23.2 Å². The Balaban J connectivity index is 1.89. The number of nitrogens with zero attached hydrogens (tertiary/aromatic N) is 1. The summed E-state index contributed by atoms with van der Waals surface area (Å²) in [5.41, 5.74) is 0.550. The molecule has 2 rings (SSSR count). The van der Waals surface area contributed by atoms with Crippen molar-refractivity contribution < 1.29 is 9.53 Å². The quantitative estimate of drug-likeness (QED) is 0.603. The maximum atomic E-state index is 12.4. The van der Waals surface area contributed by atoms with Gasteiger partial charge in [-0.2, -0.15) is 0 Å². The standard InChI is InChI=1S/C16H19Cl2NO2/c1-2-7-21-11-12-3-5-19(6-4-12)16(20)13-8-14(17)10-15(18)9-13/h2,8-10,12H,1,3-7,11H2. The lowest BCUT2D eigenvalue weighted by atomic mass is 9.97. The first-order chi connectivity index (χ1) is 10.1. The van der Waals surface area contributed by atoms with Gasteiger partial charge in [0.25, 0.3) is 5.91 Å². The Morgan fingerprint density at radius 3 is 2.48 bits per heavy atom. The number of amides is 1. The molecule has 0 aliphatic carbocycles. The lowest BCUT2D eigenvalue weighted by Gasteiger charge is -2.32. The van der Waals surface area contributed by atoms with Gasteiger partial charge in [-0.3, -0.25) is 4.79 Å². The van der Waals surface area contributed by atoms with Crippen molar-refractivity contribution in [2.24, 2.45) is 5.92 Å². The number of carbonyl (C=O) groups is 1. The average molecular weight is 328 g/mol. The number of ether oxygens (including phenoxy) is 1. The third-order valence-electron chi connectivity index (χ3n) is 3.60. The minimum Gasteiger partial charge on any atom is -0.377 e. The lowest BCUT2D eigenvalue weighted by Crippen LogP contribution is -2.39. The molecule has 1 heterocycles. The number of halogens is 2. The largest absolute Gasteiger partial charge is 0.377 e. The summed E-state index contributed by atoms with van der Waals surface area (Å²) in [5, 5.41) is 0.970. The first kappa shape index (κ1) is 16.3. The lowest BCUT2D eigenvalue weighted by molar-refractivity contribution is 0.0575. The van der Waals surface area contributed by atoms with Crippen molar-refractivity contribution in [3.63, 3.8) is 0 Å². The van der Waals surface area contributed by atoms with Gasteiger partial charge in [0.2, 0.25) is 0 Å². The van der Waals surface area contributed by atoms with E-state index >= 15 is 0 Å². The van der Waals surface area contributed by atoms with E-state index in [0.717, 1.165) is 32.5 Å². The summed E-state index contributed by atoms with van der Waals surface area (Å²) in [7, 11) is 0. The van der Waals surface area contributed by atoms with E-state index in [1.807, 2.05) is 4.90 Å². The van der Waals surface area contributed by atoms with Gasteiger partial charge in [0, 0.05) is 35.3 Å². The van der Waals surface area contributed by atoms with Gasteiger partial charge in [0.05, 0.1) is 6.61 Å². The predicted octanol–water partition coefficient (Wildman–Crippen LogP) is 4.05. The molecule has 0 N–H and O–H groups in total. The second kappa shape index (κ2) is 7.83. The zero-order valence-electron chi connectivity index (χ0n) is 11.9. The van der Waals surface area contributed by atoms with Crippen LogP contribution >= 0.6 is 23.2 Å². The van der Waals surface area contributed by atoms with Gasteiger partial charge in [-0.25, -0.2) is 0 Å². The fourth-order valence-corrected chi connectivity index (χ4v) is 3.01. The molecule has 1 aromatic carbocycles. The molecular weight excluding hydrogens is 309 g/mol. The molecule has 1 aromatic rings. The van der Waals surface area contributed by atoms with Gasteiger partial charge in [0.15, 0.2) is 0 Å². The summed E-state index contributed by atoms with van der Waals surface area (Å²) in [6, 6.07) is 4.95.